The van der Waals surface area contributed by atoms with Gasteiger partial charge in [0.05, 0.1) is 15.5 Å². The number of nitrogens with one attached hydrogen (secondary N) is 2. The number of nitrogens with zero attached hydrogens (tertiary/aromatic N) is 4. The minimum absolute atomic E-state index is 0.0346. The summed E-state index contributed by atoms with van der Waals surface area (Å²) in [5, 5.41) is 17.1. The molecule has 38 heavy (non-hydrogen) atoms. The molecule has 4 rings (SSSR count). The van der Waals surface area contributed by atoms with E-state index in [4.69, 9.17) is 5.14 Å². The van der Waals surface area contributed by atoms with Gasteiger partial charge in [-0.3, -0.25) is 4.79 Å². The van der Waals surface area contributed by atoms with Gasteiger partial charge in [-0.15, -0.1) is 10.2 Å². The molecule has 4 N–H and O–H groups in total. The van der Waals surface area contributed by atoms with Crippen molar-refractivity contribution in [3.05, 3.63) is 48.0 Å². The topological polar surface area (TPSA) is 181 Å². The second-order valence-corrected chi connectivity index (χ2v) is 12.7. The molecule has 1 amide bonds. The normalized spacial score (nSPS) is 12.4. The molecule has 12 nitrogen and oxygen atoms in total. The number of primary sulfonamides is 1. The molecule has 4 aromatic rings. The molecule has 0 radical (unpaired) electrons. The molecule has 0 fully saturated rings. The second kappa shape index (κ2) is 11.3. The molecule has 2 aromatic heterocycles. The lowest BCUT2D eigenvalue weighted by molar-refractivity contribution is -0.118. The highest BCUT2D eigenvalue weighted by molar-refractivity contribution is 7.99. The molecule has 0 atom stereocenters. The number of nitrogens with two attached hydrogens (primary N) is 1. The molecule has 0 unspecified atom stereocenters. The van der Waals surface area contributed by atoms with Crippen LogP contribution in [0.1, 0.15) is 19.4 Å². The third-order valence-corrected chi connectivity index (χ3v) is 9.64. The number of amides is 1. The molecule has 2 heterocycles. The van der Waals surface area contributed by atoms with Crippen LogP contribution in [0, 0.1) is 0 Å². The summed E-state index contributed by atoms with van der Waals surface area (Å²) in [5.41, 5.74) is 2.42. The van der Waals surface area contributed by atoms with Gasteiger partial charge in [0.25, 0.3) is 0 Å². The molecule has 202 valence electrons. The zero-order chi connectivity index (χ0) is 27.5. The quantitative estimate of drug-likeness (QED) is 0.223. The number of thioether (sulfide) groups is 1. The first-order chi connectivity index (χ1) is 18.0. The van der Waals surface area contributed by atoms with Gasteiger partial charge in [-0.2, -0.15) is 4.31 Å². The minimum Gasteiger partial charge on any atom is -0.355 e. The van der Waals surface area contributed by atoms with Crippen LogP contribution in [0.4, 0.5) is 0 Å². The lowest BCUT2D eigenvalue weighted by atomic mass is 10.1. The molecular formula is C23H27N7O5S3. The zero-order valence-electron chi connectivity index (χ0n) is 20.7. The van der Waals surface area contributed by atoms with E-state index in [1.807, 2.05) is 0 Å². The SMILES string of the molecule is CCN(CC)S(=O)(=O)c1ccc2[nH]c3nc(SCC(=O)NCCc4ccc(S(N)(=O)=O)cc4)nnc3c2c1. The Labute approximate surface area is 224 Å². The average molecular weight is 578 g/mol. The fourth-order valence-electron chi connectivity index (χ4n) is 3.84. The van der Waals surface area contributed by atoms with E-state index >= 15 is 0 Å². The maximum absolute atomic E-state index is 12.9. The lowest BCUT2D eigenvalue weighted by Crippen LogP contribution is -2.30. The van der Waals surface area contributed by atoms with Gasteiger partial charge in [-0.05, 0) is 42.3 Å². The Morgan fingerprint density at radius 2 is 1.71 bits per heavy atom. The molecule has 0 aliphatic heterocycles. The zero-order valence-corrected chi connectivity index (χ0v) is 23.2. The van der Waals surface area contributed by atoms with Gasteiger partial charge in [-0.25, -0.2) is 27.0 Å². The van der Waals surface area contributed by atoms with Crippen molar-refractivity contribution < 1.29 is 21.6 Å². The van der Waals surface area contributed by atoms with Crippen LogP contribution < -0.4 is 10.5 Å². The molecule has 0 aliphatic rings. The number of carbonyl (C=O) groups is 1. The molecule has 0 aliphatic carbocycles. The Hall–Kier alpha value is -3.11. The van der Waals surface area contributed by atoms with Crippen LogP contribution in [0.3, 0.4) is 0 Å². The van der Waals surface area contributed by atoms with E-state index in [-0.39, 0.29) is 21.5 Å². The van der Waals surface area contributed by atoms with Gasteiger partial charge in [0.15, 0.2) is 5.65 Å². The number of benzene rings is 2. The first-order valence-electron chi connectivity index (χ1n) is 11.7. The maximum Gasteiger partial charge on any atom is 0.243 e. The third kappa shape index (κ3) is 6.13. The number of H-pyrrole nitrogens is 1. The van der Waals surface area contributed by atoms with Crippen LogP contribution in [0.15, 0.2) is 57.4 Å². The third-order valence-electron chi connectivity index (χ3n) is 5.83. The molecular weight excluding hydrogens is 550 g/mol. The van der Waals surface area contributed by atoms with Crippen LogP contribution in [0.25, 0.3) is 22.1 Å². The highest BCUT2D eigenvalue weighted by Gasteiger charge is 2.23. The van der Waals surface area contributed by atoms with Crippen molar-refractivity contribution in [2.45, 2.75) is 35.2 Å². The first-order valence-corrected chi connectivity index (χ1v) is 15.7. The predicted octanol–water partition coefficient (Wildman–Crippen LogP) is 1.64. The number of rotatable bonds is 11. The Balaban J connectivity index is 1.38. The Morgan fingerprint density at radius 3 is 2.37 bits per heavy atom. The van der Waals surface area contributed by atoms with E-state index in [0.29, 0.717) is 53.3 Å². The van der Waals surface area contributed by atoms with Crippen molar-refractivity contribution in [2.75, 3.05) is 25.4 Å². The van der Waals surface area contributed by atoms with Gasteiger partial charge in [0.2, 0.25) is 31.1 Å². The maximum atomic E-state index is 12.9. The summed E-state index contributed by atoms with van der Waals surface area (Å²) in [5.74, 6) is -0.146. The summed E-state index contributed by atoms with van der Waals surface area (Å²) in [6, 6.07) is 11.0. The lowest BCUT2D eigenvalue weighted by Gasteiger charge is -2.18. The molecule has 15 heteroatoms. The predicted molar refractivity (Wildman–Crippen MR) is 145 cm³/mol. The summed E-state index contributed by atoms with van der Waals surface area (Å²) in [4.78, 5) is 20.0. The monoisotopic (exact) mass is 577 g/mol. The van der Waals surface area contributed by atoms with Crippen LogP contribution in [-0.2, 0) is 31.3 Å². The van der Waals surface area contributed by atoms with Gasteiger partial charge in [-0.1, -0.05) is 37.7 Å². The highest BCUT2D eigenvalue weighted by atomic mass is 32.2. The summed E-state index contributed by atoms with van der Waals surface area (Å²) >= 11 is 1.12. The summed E-state index contributed by atoms with van der Waals surface area (Å²) in [6.45, 7) is 4.69. The van der Waals surface area contributed by atoms with Gasteiger partial charge >= 0.3 is 0 Å². The van der Waals surface area contributed by atoms with Crippen LogP contribution >= 0.6 is 11.8 Å². The Bertz CT molecular complexity index is 1680. The summed E-state index contributed by atoms with van der Waals surface area (Å²) in [7, 11) is -7.37. The van der Waals surface area contributed by atoms with Crippen molar-refractivity contribution in [1.82, 2.24) is 29.8 Å². The minimum atomic E-state index is -3.74. The number of hydrogen-bond donors (Lipinski definition) is 3. The Morgan fingerprint density at radius 1 is 1.03 bits per heavy atom. The number of aromatic nitrogens is 4. The fourth-order valence-corrected chi connectivity index (χ4v) is 6.46. The number of sulfonamides is 2. The second-order valence-electron chi connectivity index (χ2n) is 8.29. The van der Waals surface area contributed by atoms with Crippen molar-refractivity contribution in [1.29, 1.82) is 0 Å². The van der Waals surface area contributed by atoms with Crippen molar-refractivity contribution in [2.24, 2.45) is 5.14 Å². The smallest absolute Gasteiger partial charge is 0.243 e. The number of aromatic amines is 1. The standard InChI is InChI=1S/C23H27N7O5S3/c1-3-30(4-2)38(34,35)17-9-10-19-18(13-17)21-22(26-19)27-23(29-28-21)36-14-20(31)25-12-11-15-5-7-16(8-6-15)37(24,32)33/h5-10,13H,3-4,11-12,14H2,1-2H3,(H,25,31)(H2,24,32,33)(H,26,27,29). The molecule has 0 saturated carbocycles. The molecule has 0 bridgehead atoms. The molecule has 0 saturated heterocycles. The van der Waals surface area contributed by atoms with E-state index < -0.39 is 20.0 Å². The largest absolute Gasteiger partial charge is 0.355 e. The van der Waals surface area contributed by atoms with E-state index in [1.54, 1.807) is 44.2 Å². The molecule has 0 spiro atoms. The van der Waals surface area contributed by atoms with E-state index in [2.05, 4.69) is 25.5 Å². The van der Waals surface area contributed by atoms with Gasteiger partial charge in [0.1, 0.15) is 5.52 Å². The van der Waals surface area contributed by atoms with E-state index in [0.717, 1.165) is 17.3 Å². The fraction of sp³-hybridized carbons (Fsp3) is 0.304. The van der Waals surface area contributed by atoms with Crippen LogP contribution in [0.5, 0.6) is 0 Å². The van der Waals surface area contributed by atoms with E-state index in [1.165, 1.54) is 16.4 Å². The summed E-state index contributed by atoms with van der Waals surface area (Å²) < 4.78 is 49.8. The first kappa shape index (κ1) is 27.9. The number of hydrogen-bond acceptors (Lipinski definition) is 9. The molecule has 2 aromatic carbocycles. The van der Waals surface area contributed by atoms with Crippen molar-refractivity contribution in [3.8, 4) is 0 Å². The van der Waals surface area contributed by atoms with Crippen LogP contribution in [-0.4, -0.2) is 72.6 Å². The van der Waals surface area contributed by atoms with Gasteiger partial charge < -0.3 is 10.3 Å². The highest BCUT2D eigenvalue weighted by Crippen LogP contribution is 2.27. The van der Waals surface area contributed by atoms with Crippen molar-refractivity contribution in [3.63, 3.8) is 0 Å². The van der Waals surface area contributed by atoms with Crippen LogP contribution in [0.2, 0.25) is 0 Å². The Kier molecular flexibility index (Phi) is 8.32. The number of fused-ring (bicyclic) bond motifs is 3. The number of carbonyl (C=O) groups excluding carboxylic acids is 1. The van der Waals surface area contributed by atoms with Crippen molar-refractivity contribution >= 4 is 59.8 Å². The van der Waals surface area contributed by atoms with Gasteiger partial charge in [0, 0.05) is 30.5 Å². The summed E-state index contributed by atoms with van der Waals surface area (Å²) in [6.07, 6.45) is 0.520. The average Bonchev–Trinajstić information content (AvgIpc) is 3.25. The van der Waals surface area contributed by atoms with E-state index in [9.17, 15) is 21.6 Å².